The molecule has 4 heteroatoms. The van der Waals surface area contributed by atoms with Crippen molar-refractivity contribution in [1.82, 2.24) is 0 Å². The van der Waals surface area contributed by atoms with Gasteiger partial charge < -0.3 is 10.1 Å². The summed E-state index contributed by atoms with van der Waals surface area (Å²) in [6.07, 6.45) is 2.78. The van der Waals surface area contributed by atoms with Crippen molar-refractivity contribution in [3.63, 3.8) is 0 Å². The van der Waals surface area contributed by atoms with Gasteiger partial charge in [0.25, 0.3) is 0 Å². The van der Waals surface area contributed by atoms with E-state index < -0.39 is 0 Å². The minimum absolute atomic E-state index is 0.170. The van der Waals surface area contributed by atoms with Crippen molar-refractivity contribution >= 4 is 11.5 Å². The Kier molecular flexibility index (Phi) is 4.50. The molecule has 0 radical (unpaired) electrons. The zero-order valence-corrected chi connectivity index (χ0v) is 11.0. The van der Waals surface area contributed by atoms with Crippen LogP contribution in [0.25, 0.3) is 0 Å². The summed E-state index contributed by atoms with van der Waals surface area (Å²) in [5.41, 5.74) is 0.865. The lowest BCUT2D eigenvalue weighted by molar-refractivity contribution is 0.104. The normalized spacial score (nSPS) is 10.5. The number of para-hydroxylation sites is 1. The zero-order valence-electron chi connectivity index (χ0n) is 11.0. The van der Waals surface area contributed by atoms with Crippen LogP contribution in [0.4, 0.5) is 10.1 Å². The van der Waals surface area contributed by atoms with Crippen LogP contribution in [-0.4, -0.2) is 12.9 Å². The first kappa shape index (κ1) is 13.8. The lowest BCUT2D eigenvalue weighted by Crippen LogP contribution is -1.97. The third-order valence-corrected chi connectivity index (χ3v) is 2.72. The molecule has 0 unspecified atom stereocenters. The third-order valence-electron chi connectivity index (χ3n) is 2.72. The molecule has 0 fully saturated rings. The molecule has 0 aliphatic heterocycles. The maximum absolute atomic E-state index is 13.3. The van der Waals surface area contributed by atoms with E-state index in [-0.39, 0.29) is 11.6 Å². The second kappa shape index (κ2) is 6.52. The van der Waals surface area contributed by atoms with E-state index in [0.29, 0.717) is 17.0 Å². The molecule has 3 nitrogen and oxygen atoms in total. The first-order chi connectivity index (χ1) is 9.70. The van der Waals surface area contributed by atoms with E-state index in [4.69, 9.17) is 4.74 Å². The van der Waals surface area contributed by atoms with E-state index in [0.717, 1.165) is 0 Å². The van der Waals surface area contributed by atoms with E-state index in [9.17, 15) is 9.18 Å². The Balaban J connectivity index is 2.00. The number of ketones is 1. The van der Waals surface area contributed by atoms with Crippen molar-refractivity contribution in [2.45, 2.75) is 0 Å². The molecule has 0 heterocycles. The topological polar surface area (TPSA) is 38.3 Å². The molecule has 2 rings (SSSR count). The van der Waals surface area contributed by atoms with Crippen LogP contribution >= 0.6 is 0 Å². The van der Waals surface area contributed by atoms with E-state index in [1.807, 2.05) is 0 Å². The fourth-order valence-electron chi connectivity index (χ4n) is 1.64. The monoisotopic (exact) mass is 271 g/mol. The van der Waals surface area contributed by atoms with Gasteiger partial charge in [-0.1, -0.05) is 12.1 Å². The molecule has 0 aliphatic rings. The van der Waals surface area contributed by atoms with Crippen LogP contribution in [0, 0.1) is 5.82 Å². The summed E-state index contributed by atoms with van der Waals surface area (Å²) in [7, 11) is 1.56. The van der Waals surface area contributed by atoms with Crippen molar-refractivity contribution in [3.8, 4) is 5.75 Å². The number of carbonyl (C=O) groups excluding carboxylic acids is 1. The lowest BCUT2D eigenvalue weighted by Gasteiger charge is -2.02. The van der Waals surface area contributed by atoms with E-state index in [2.05, 4.69) is 5.32 Å². The second-order valence-electron chi connectivity index (χ2n) is 4.05. The summed E-state index contributed by atoms with van der Waals surface area (Å²) >= 11 is 0. The molecule has 20 heavy (non-hydrogen) atoms. The van der Waals surface area contributed by atoms with Crippen LogP contribution in [-0.2, 0) is 0 Å². The smallest absolute Gasteiger partial charge is 0.187 e. The molecular weight excluding hydrogens is 257 g/mol. The quantitative estimate of drug-likeness (QED) is 0.666. The summed E-state index contributed by atoms with van der Waals surface area (Å²) in [6.45, 7) is 0. The van der Waals surface area contributed by atoms with Gasteiger partial charge in [0, 0.05) is 17.8 Å². The molecule has 0 atom stereocenters. The van der Waals surface area contributed by atoms with Gasteiger partial charge in [-0.15, -0.1) is 0 Å². The summed E-state index contributed by atoms with van der Waals surface area (Å²) in [5.74, 6) is 0.153. The van der Waals surface area contributed by atoms with Crippen LogP contribution in [0.5, 0.6) is 5.75 Å². The third kappa shape index (κ3) is 3.45. The second-order valence-corrected chi connectivity index (χ2v) is 4.05. The molecule has 1 N–H and O–H groups in total. The standard InChI is InChI=1S/C16H14FNO2/c1-20-13-8-6-12(7-9-13)16(19)10-11-18-15-5-3-2-4-14(15)17/h2-11,18H,1H3. The maximum atomic E-state index is 13.3. The Morgan fingerprint density at radius 3 is 2.50 bits per heavy atom. The van der Waals surface area contributed by atoms with Gasteiger partial charge >= 0.3 is 0 Å². The highest BCUT2D eigenvalue weighted by Gasteiger charge is 2.02. The van der Waals surface area contributed by atoms with Gasteiger partial charge in [0.1, 0.15) is 11.6 Å². The molecule has 0 amide bonds. The Morgan fingerprint density at radius 1 is 1.15 bits per heavy atom. The van der Waals surface area contributed by atoms with Gasteiger partial charge in [0.15, 0.2) is 5.78 Å². The molecule has 102 valence electrons. The highest BCUT2D eigenvalue weighted by Crippen LogP contribution is 2.13. The van der Waals surface area contributed by atoms with Crippen LogP contribution in [0.2, 0.25) is 0 Å². The molecule has 0 saturated carbocycles. The summed E-state index contributed by atoms with van der Waals surface area (Å²) in [5, 5.41) is 2.74. The number of carbonyl (C=O) groups is 1. The molecule has 2 aromatic rings. The number of anilines is 1. The number of hydrogen-bond acceptors (Lipinski definition) is 3. The van der Waals surface area contributed by atoms with Gasteiger partial charge in [-0.25, -0.2) is 4.39 Å². The number of ether oxygens (including phenoxy) is 1. The molecule has 0 aromatic heterocycles. The Hall–Kier alpha value is -2.62. The van der Waals surface area contributed by atoms with Crippen molar-refractivity contribution in [2.75, 3.05) is 12.4 Å². The minimum atomic E-state index is -0.367. The molecule has 0 saturated heterocycles. The number of allylic oxidation sites excluding steroid dienone is 1. The van der Waals surface area contributed by atoms with Crippen molar-refractivity contribution < 1.29 is 13.9 Å². The Labute approximate surface area is 116 Å². The molecule has 0 bridgehead atoms. The van der Waals surface area contributed by atoms with Crippen molar-refractivity contribution in [1.29, 1.82) is 0 Å². The highest BCUT2D eigenvalue weighted by atomic mass is 19.1. The summed E-state index contributed by atoms with van der Waals surface area (Å²) in [4.78, 5) is 11.9. The SMILES string of the molecule is COc1ccc(C(=O)C=CNc2ccccc2F)cc1. The molecule has 2 aromatic carbocycles. The van der Waals surface area contributed by atoms with Crippen LogP contribution in [0.3, 0.4) is 0 Å². The summed E-state index contributed by atoms with van der Waals surface area (Å²) < 4.78 is 18.3. The number of halogens is 1. The maximum Gasteiger partial charge on any atom is 0.187 e. The number of benzene rings is 2. The van der Waals surface area contributed by atoms with E-state index in [1.54, 1.807) is 49.6 Å². The first-order valence-corrected chi connectivity index (χ1v) is 6.06. The van der Waals surface area contributed by atoms with Crippen molar-refractivity contribution in [2.24, 2.45) is 0 Å². The largest absolute Gasteiger partial charge is 0.497 e. The number of rotatable bonds is 5. The highest BCUT2D eigenvalue weighted by molar-refractivity contribution is 6.04. The lowest BCUT2D eigenvalue weighted by atomic mass is 10.1. The van der Waals surface area contributed by atoms with Gasteiger partial charge in [-0.2, -0.15) is 0 Å². The number of methoxy groups -OCH3 is 1. The number of nitrogens with one attached hydrogen (secondary N) is 1. The molecule has 0 spiro atoms. The predicted molar refractivity (Wildman–Crippen MR) is 76.5 cm³/mol. The van der Waals surface area contributed by atoms with Crippen LogP contribution in [0.15, 0.2) is 60.8 Å². The molecular formula is C16H14FNO2. The zero-order chi connectivity index (χ0) is 14.4. The Bertz CT molecular complexity index is 621. The first-order valence-electron chi connectivity index (χ1n) is 6.06. The van der Waals surface area contributed by atoms with Crippen LogP contribution < -0.4 is 10.1 Å². The van der Waals surface area contributed by atoms with Gasteiger partial charge in [-0.05, 0) is 36.4 Å². The average molecular weight is 271 g/mol. The minimum Gasteiger partial charge on any atom is -0.497 e. The van der Waals surface area contributed by atoms with Gasteiger partial charge in [-0.3, -0.25) is 4.79 Å². The van der Waals surface area contributed by atoms with E-state index in [1.165, 1.54) is 18.3 Å². The fourth-order valence-corrected chi connectivity index (χ4v) is 1.64. The predicted octanol–water partition coefficient (Wildman–Crippen LogP) is 3.64. The van der Waals surface area contributed by atoms with Gasteiger partial charge in [0.05, 0.1) is 12.8 Å². The Morgan fingerprint density at radius 2 is 1.85 bits per heavy atom. The van der Waals surface area contributed by atoms with Crippen molar-refractivity contribution in [3.05, 3.63) is 72.2 Å². The van der Waals surface area contributed by atoms with E-state index >= 15 is 0 Å². The molecule has 0 aliphatic carbocycles. The van der Waals surface area contributed by atoms with Crippen LogP contribution in [0.1, 0.15) is 10.4 Å². The van der Waals surface area contributed by atoms with Gasteiger partial charge in [0.2, 0.25) is 0 Å². The average Bonchev–Trinajstić information content (AvgIpc) is 2.49. The summed E-state index contributed by atoms with van der Waals surface area (Å²) in [6, 6.07) is 13.0. The fraction of sp³-hybridized carbons (Fsp3) is 0.0625. The number of hydrogen-bond donors (Lipinski definition) is 1.